The lowest BCUT2D eigenvalue weighted by Gasteiger charge is -2.12. The summed E-state index contributed by atoms with van der Waals surface area (Å²) in [5.41, 5.74) is -0.845. The van der Waals surface area contributed by atoms with Crippen molar-refractivity contribution in [1.29, 1.82) is 0 Å². The number of hydrogen-bond donors (Lipinski definition) is 0. The van der Waals surface area contributed by atoms with E-state index in [1.165, 1.54) is 21.3 Å². The smallest absolute Gasteiger partial charge is 0.337 e. The van der Waals surface area contributed by atoms with Crippen LogP contribution in [0.15, 0.2) is 62.6 Å². The molecular weight excluding hydrogens is 425 g/mol. The minimum Gasteiger partial charge on any atom is -0.337 e. The quantitative estimate of drug-likeness (QED) is 0.448. The topological polar surface area (TPSA) is 82.9 Å². The molecule has 0 amide bonds. The fraction of sp³-hybridized carbons (Fsp3) is 0.273. The second-order valence-electron chi connectivity index (χ2n) is 7.28. The summed E-state index contributed by atoms with van der Waals surface area (Å²) in [5.74, 6) is 0.193. The minimum absolute atomic E-state index is 0.0839. The highest BCUT2D eigenvalue weighted by Crippen LogP contribution is 2.30. The molecule has 10 heteroatoms. The summed E-state index contributed by atoms with van der Waals surface area (Å²) in [4.78, 5) is 30.0. The van der Waals surface area contributed by atoms with Crippen LogP contribution in [-0.4, -0.2) is 19.3 Å². The summed E-state index contributed by atoms with van der Waals surface area (Å²) in [6.45, 7) is 2.17. The molecule has 0 aliphatic carbocycles. The van der Waals surface area contributed by atoms with Crippen LogP contribution in [0.2, 0.25) is 0 Å². The Morgan fingerprint density at radius 2 is 1.72 bits per heavy atom. The molecular formula is C22H19F3N4O3. The molecule has 166 valence electrons. The molecule has 0 spiro atoms. The lowest BCUT2D eigenvalue weighted by Crippen LogP contribution is -2.40. The van der Waals surface area contributed by atoms with Gasteiger partial charge in [-0.3, -0.25) is 13.9 Å². The van der Waals surface area contributed by atoms with Gasteiger partial charge in [-0.25, -0.2) is 4.79 Å². The van der Waals surface area contributed by atoms with E-state index >= 15 is 0 Å². The molecule has 0 radical (unpaired) electrons. The van der Waals surface area contributed by atoms with Gasteiger partial charge < -0.3 is 4.52 Å². The van der Waals surface area contributed by atoms with E-state index in [0.717, 1.165) is 18.6 Å². The van der Waals surface area contributed by atoms with Gasteiger partial charge in [0.2, 0.25) is 11.7 Å². The lowest BCUT2D eigenvalue weighted by molar-refractivity contribution is -0.137. The largest absolute Gasteiger partial charge is 0.416 e. The molecule has 0 saturated heterocycles. The molecule has 0 saturated carbocycles. The number of fused-ring (bicyclic) bond motifs is 1. The number of aromatic nitrogens is 4. The molecule has 2 aromatic carbocycles. The zero-order chi connectivity index (χ0) is 22.9. The predicted octanol–water partition coefficient (Wildman–Crippen LogP) is 4.08. The monoisotopic (exact) mass is 444 g/mol. The summed E-state index contributed by atoms with van der Waals surface area (Å²) in [6, 6.07) is 11.1. The zero-order valence-electron chi connectivity index (χ0n) is 17.1. The molecule has 32 heavy (non-hydrogen) atoms. The first kappa shape index (κ1) is 21.5. The Hall–Kier alpha value is -3.69. The van der Waals surface area contributed by atoms with Crippen LogP contribution in [0.3, 0.4) is 0 Å². The third-order valence-corrected chi connectivity index (χ3v) is 5.10. The number of hydrogen-bond acceptors (Lipinski definition) is 5. The van der Waals surface area contributed by atoms with Crippen LogP contribution >= 0.6 is 0 Å². The van der Waals surface area contributed by atoms with E-state index in [4.69, 9.17) is 4.52 Å². The number of rotatable bonds is 6. The maximum atomic E-state index is 13.1. The molecule has 0 bridgehead atoms. The predicted molar refractivity (Wildman–Crippen MR) is 111 cm³/mol. The third kappa shape index (κ3) is 4.08. The van der Waals surface area contributed by atoms with Crippen molar-refractivity contribution in [2.45, 2.75) is 39.0 Å². The second-order valence-corrected chi connectivity index (χ2v) is 7.28. The SMILES string of the molecule is CCCCn1c(=O)c2ccccc2n(Cc2nc(-c3ccc(C(F)(F)F)cc3)no2)c1=O. The van der Waals surface area contributed by atoms with Gasteiger partial charge in [0.15, 0.2) is 0 Å². The first-order valence-electron chi connectivity index (χ1n) is 10.0. The number of halogens is 3. The average molecular weight is 444 g/mol. The highest BCUT2D eigenvalue weighted by molar-refractivity contribution is 5.77. The van der Waals surface area contributed by atoms with E-state index < -0.39 is 17.4 Å². The number of para-hydroxylation sites is 1. The van der Waals surface area contributed by atoms with Gasteiger partial charge in [-0.05, 0) is 30.7 Å². The van der Waals surface area contributed by atoms with Crippen molar-refractivity contribution >= 4 is 10.9 Å². The minimum atomic E-state index is -4.44. The highest BCUT2D eigenvalue weighted by atomic mass is 19.4. The molecule has 0 atom stereocenters. The summed E-state index contributed by atoms with van der Waals surface area (Å²) >= 11 is 0. The number of benzene rings is 2. The lowest BCUT2D eigenvalue weighted by atomic mass is 10.1. The van der Waals surface area contributed by atoms with Gasteiger partial charge >= 0.3 is 11.9 Å². The van der Waals surface area contributed by atoms with Gasteiger partial charge in [0.05, 0.1) is 16.5 Å². The highest BCUT2D eigenvalue weighted by Gasteiger charge is 2.30. The summed E-state index contributed by atoms with van der Waals surface area (Å²) in [7, 11) is 0. The Bertz CT molecular complexity index is 1370. The summed E-state index contributed by atoms with van der Waals surface area (Å²) in [5, 5.41) is 4.22. The molecule has 0 aliphatic heterocycles. The molecule has 0 unspecified atom stereocenters. The molecule has 4 aromatic rings. The Labute approximate surface area is 179 Å². The summed E-state index contributed by atoms with van der Waals surface area (Å²) in [6.07, 6.45) is -2.95. The standard InChI is InChI=1S/C22H19F3N4O3/c1-2-3-12-28-20(30)16-6-4-5-7-17(16)29(21(28)31)13-18-26-19(27-32-18)14-8-10-15(11-9-14)22(23,24)25/h4-11H,2-3,12-13H2,1H3. The Morgan fingerprint density at radius 3 is 2.41 bits per heavy atom. The normalized spacial score (nSPS) is 11.9. The van der Waals surface area contributed by atoms with E-state index in [9.17, 15) is 22.8 Å². The van der Waals surface area contributed by atoms with Crippen LogP contribution in [0.1, 0.15) is 31.2 Å². The van der Waals surface area contributed by atoms with Gasteiger partial charge in [-0.2, -0.15) is 18.2 Å². The van der Waals surface area contributed by atoms with Gasteiger partial charge in [0.1, 0.15) is 6.54 Å². The van der Waals surface area contributed by atoms with E-state index in [1.807, 2.05) is 6.92 Å². The molecule has 2 heterocycles. The Morgan fingerprint density at radius 1 is 1.00 bits per heavy atom. The van der Waals surface area contributed by atoms with Crippen LogP contribution in [-0.2, 0) is 19.3 Å². The number of alkyl halides is 3. The van der Waals surface area contributed by atoms with Crippen LogP contribution in [0.4, 0.5) is 13.2 Å². The van der Waals surface area contributed by atoms with Crippen molar-refractivity contribution in [2.24, 2.45) is 0 Å². The average Bonchev–Trinajstić information content (AvgIpc) is 3.25. The van der Waals surface area contributed by atoms with E-state index in [1.54, 1.807) is 24.3 Å². The molecule has 0 fully saturated rings. The summed E-state index contributed by atoms with van der Waals surface area (Å²) < 4.78 is 46.1. The van der Waals surface area contributed by atoms with Crippen molar-refractivity contribution in [3.8, 4) is 11.4 Å². The van der Waals surface area contributed by atoms with Crippen molar-refractivity contribution in [3.05, 3.63) is 80.8 Å². The molecule has 0 N–H and O–H groups in total. The van der Waals surface area contributed by atoms with E-state index in [-0.39, 0.29) is 23.8 Å². The first-order chi connectivity index (χ1) is 15.3. The molecule has 0 aliphatic rings. The van der Waals surface area contributed by atoms with Gasteiger partial charge in [-0.15, -0.1) is 0 Å². The van der Waals surface area contributed by atoms with Crippen LogP contribution in [0.25, 0.3) is 22.3 Å². The van der Waals surface area contributed by atoms with Gasteiger partial charge in [0.25, 0.3) is 5.56 Å². The first-order valence-corrected chi connectivity index (χ1v) is 10.0. The number of unbranched alkanes of at least 4 members (excludes halogenated alkanes) is 1. The zero-order valence-corrected chi connectivity index (χ0v) is 17.1. The van der Waals surface area contributed by atoms with Gasteiger partial charge in [0, 0.05) is 12.1 Å². The maximum absolute atomic E-state index is 13.1. The van der Waals surface area contributed by atoms with Gasteiger partial charge in [-0.1, -0.05) is 42.8 Å². The molecule has 4 rings (SSSR count). The maximum Gasteiger partial charge on any atom is 0.416 e. The Balaban J connectivity index is 1.71. The number of nitrogens with zero attached hydrogens (tertiary/aromatic N) is 4. The second kappa shape index (κ2) is 8.45. The van der Waals surface area contributed by atoms with Crippen molar-refractivity contribution in [3.63, 3.8) is 0 Å². The van der Waals surface area contributed by atoms with Crippen molar-refractivity contribution in [1.82, 2.24) is 19.3 Å². The Kier molecular flexibility index (Phi) is 5.68. The van der Waals surface area contributed by atoms with E-state index in [0.29, 0.717) is 29.4 Å². The van der Waals surface area contributed by atoms with Crippen molar-refractivity contribution in [2.75, 3.05) is 0 Å². The molecule has 2 aromatic heterocycles. The van der Waals surface area contributed by atoms with Crippen LogP contribution < -0.4 is 11.2 Å². The van der Waals surface area contributed by atoms with Crippen LogP contribution in [0.5, 0.6) is 0 Å². The van der Waals surface area contributed by atoms with Crippen LogP contribution in [0, 0.1) is 0 Å². The van der Waals surface area contributed by atoms with E-state index in [2.05, 4.69) is 10.1 Å². The third-order valence-electron chi connectivity index (χ3n) is 5.10. The molecule has 7 nitrogen and oxygen atoms in total. The fourth-order valence-electron chi connectivity index (χ4n) is 3.42. The van der Waals surface area contributed by atoms with Crippen molar-refractivity contribution < 1.29 is 17.7 Å². The fourth-order valence-corrected chi connectivity index (χ4v) is 3.42.